The van der Waals surface area contributed by atoms with Crippen molar-refractivity contribution in [1.29, 1.82) is 0 Å². The number of aromatic hydroxyl groups is 1. The lowest BCUT2D eigenvalue weighted by atomic mass is 10.1. The second-order valence-electron chi connectivity index (χ2n) is 6.20. The van der Waals surface area contributed by atoms with E-state index in [1.165, 1.54) is 5.56 Å². The van der Waals surface area contributed by atoms with Crippen LogP contribution in [0.3, 0.4) is 0 Å². The van der Waals surface area contributed by atoms with Crippen LogP contribution in [0.15, 0.2) is 78.9 Å². The minimum Gasteiger partial charge on any atom is -0.508 e. The van der Waals surface area contributed by atoms with Crippen LogP contribution in [0, 0.1) is 0 Å². The highest BCUT2D eigenvalue weighted by Crippen LogP contribution is 2.31. The van der Waals surface area contributed by atoms with Gasteiger partial charge >= 0.3 is 0 Å². The lowest BCUT2D eigenvalue weighted by Crippen LogP contribution is -2.02. The molecule has 0 heterocycles. The Morgan fingerprint density at radius 2 is 1.35 bits per heavy atom. The zero-order valence-electron chi connectivity index (χ0n) is 14.8. The van der Waals surface area contributed by atoms with Crippen molar-refractivity contribution in [3.05, 3.63) is 90.0 Å². The number of aryl methyl sites for hydroxylation is 1. The van der Waals surface area contributed by atoms with Crippen molar-refractivity contribution in [2.75, 3.05) is 6.61 Å². The molecule has 0 bridgehead atoms. The van der Waals surface area contributed by atoms with Crippen LogP contribution in [0.4, 0.5) is 0 Å². The van der Waals surface area contributed by atoms with E-state index in [9.17, 15) is 5.11 Å². The van der Waals surface area contributed by atoms with E-state index in [-0.39, 0.29) is 5.75 Å². The Morgan fingerprint density at radius 3 is 2.08 bits per heavy atom. The van der Waals surface area contributed by atoms with Gasteiger partial charge in [0.25, 0.3) is 0 Å². The number of phenols is 1. The molecule has 26 heavy (non-hydrogen) atoms. The summed E-state index contributed by atoms with van der Waals surface area (Å²) in [5.41, 5.74) is 2.44. The van der Waals surface area contributed by atoms with Crippen molar-refractivity contribution in [3.63, 3.8) is 0 Å². The maximum absolute atomic E-state index is 9.74. The van der Waals surface area contributed by atoms with Crippen molar-refractivity contribution in [2.24, 2.45) is 0 Å². The Morgan fingerprint density at radius 1 is 0.654 bits per heavy atom. The van der Waals surface area contributed by atoms with E-state index in [0.29, 0.717) is 24.7 Å². The molecule has 0 amide bonds. The smallest absolute Gasteiger partial charge is 0.164 e. The van der Waals surface area contributed by atoms with Gasteiger partial charge in [0.15, 0.2) is 11.5 Å². The van der Waals surface area contributed by atoms with Crippen LogP contribution in [0.1, 0.15) is 24.0 Å². The summed E-state index contributed by atoms with van der Waals surface area (Å²) in [4.78, 5) is 0. The molecule has 0 aliphatic heterocycles. The summed E-state index contributed by atoms with van der Waals surface area (Å²) in [6, 6.07) is 25.4. The lowest BCUT2D eigenvalue weighted by molar-refractivity contribution is 0.257. The first-order chi connectivity index (χ1) is 12.8. The van der Waals surface area contributed by atoms with E-state index < -0.39 is 0 Å². The number of benzene rings is 3. The van der Waals surface area contributed by atoms with Gasteiger partial charge in [-0.25, -0.2) is 0 Å². The second kappa shape index (κ2) is 9.52. The zero-order valence-corrected chi connectivity index (χ0v) is 14.8. The first-order valence-electron chi connectivity index (χ1n) is 8.98. The Bertz CT molecular complexity index is 785. The Hall–Kier alpha value is -2.94. The van der Waals surface area contributed by atoms with Crippen LogP contribution in [0.5, 0.6) is 17.2 Å². The third-order valence-electron chi connectivity index (χ3n) is 4.12. The summed E-state index contributed by atoms with van der Waals surface area (Å²) < 4.78 is 11.7. The molecule has 3 rings (SSSR count). The zero-order chi connectivity index (χ0) is 18.0. The molecule has 0 saturated carbocycles. The molecule has 0 aliphatic carbocycles. The van der Waals surface area contributed by atoms with Gasteiger partial charge in [-0.3, -0.25) is 0 Å². The van der Waals surface area contributed by atoms with Gasteiger partial charge in [-0.05, 0) is 42.5 Å². The molecule has 3 nitrogen and oxygen atoms in total. The molecule has 0 aromatic heterocycles. The standard InChI is InChI=1S/C23H24O3/c24-21-14-15-22(26-18-20-12-5-2-6-13-20)23(17-21)25-16-8-7-11-19-9-3-1-4-10-19/h1-6,9-10,12-15,17,24H,7-8,11,16,18H2. The summed E-state index contributed by atoms with van der Waals surface area (Å²) in [6.07, 6.45) is 3.05. The number of hydrogen-bond donors (Lipinski definition) is 1. The number of unbranched alkanes of at least 4 members (excludes halogenated alkanes) is 1. The van der Waals surface area contributed by atoms with Crippen LogP contribution in [-0.2, 0) is 13.0 Å². The molecule has 0 unspecified atom stereocenters. The molecule has 0 radical (unpaired) electrons. The third-order valence-corrected chi connectivity index (χ3v) is 4.12. The summed E-state index contributed by atoms with van der Waals surface area (Å²) in [5, 5.41) is 9.74. The van der Waals surface area contributed by atoms with Gasteiger partial charge in [-0.2, -0.15) is 0 Å². The van der Waals surface area contributed by atoms with Crippen molar-refractivity contribution in [3.8, 4) is 17.2 Å². The highest BCUT2D eigenvalue weighted by Gasteiger charge is 2.07. The first kappa shape index (κ1) is 17.9. The Kier molecular flexibility index (Phi) is 6.54. The average Bonchev–Trinajstić information content (AvgIpc) is 2.69. The molecule has 0 saturated heterocycles. The van der Waals surface area contributed by atoms with Gasteiger partial charge in [0, 0.05) is 6.07 Å². The fraction of sp³-hybridized carbons (Fsp3) is 0.217. The molecule has 134 valence electrons. The predicted octanol–water partition coefficient (Wildman–Crippen LogP) is 5.37. The molecule has 3 heteroatoms. The summed E-state index contributed by atoms with van der Waals surface area (Å²) in [5.74, 6) is 1.41. The molecule has 0 fully saturated rings. The van der Waals surface area contributed by atoms with Crippen LogP contribution >= 0.6 is 0 Å². The number of rotatable bonds is 9. The minimum absolute atomic E-state index is 0.177. The molecule has 3 aromatic rings. The average molecular weight is 348 g/mol. The van der Waals surface area contributed by atoms with Crippen molar-refractivity contribution in [2.45, 2.75) is 25.9 Å². The van der Waals surface area contributed by atoms with Gasteiger partial charge in [0.2, 0.25) is 0 Å². The van der Waals surface area contributed by atoms with E-state index >= 15 is 0 Å². The van der Waals surface area contributed by atoms with Crippen LogP contribution in [-0.4, -0.2) is 11.7 Å². The molecular weight excluding hydrogens is 324 g/mol. The summed E-state index contributed by atoms with van der Waals surface area (Å²) in [7, 11) is 0. The molecule has 0 atom stereocenters. The van der Waals surface area contributed by atoms with E-state index in [0.717, 1.165) is 24.8 Å². The Labute approximate surface area is 154 Å². The SMILES string of the molecule is Oc1ccc(OCc2ccccc2)c(OCCCCc2ccccc2)c1. The fourth-order valence-corrected chi connectivity index (χ4v) is 2.72. The predicted molar refractivity (Wildman–Crippen MR) is 104 cm³/mol. The Balaban J connectivity index is 1.49. The molecule has 0 aliphatic rings. The number of phenolic OH excluding ortho intramolecular Hbond substituents is 1. The maximum atomic E-state index is 9.74. The molecular formula is C23H24O3. The van der Waals surface area contributed by atoms with Crippen molar-refractivity contribution >= 4 is 0 Å². The normalized spacial score (nSPS) is 10.5. The van der Waals surface area contributed by atoms with Crippen LogP contribution in [0.2, 0.25) is 0 Å². The molecule has 1 N–H and O–H groups in total. The van der Waals surface area contributed by atoms with Gasteiger partial charge in [-0.1, -0.05) is 60.7 Å². The van der Waals surface area contributed by atoms with Gasteiger partial charge in [0.05, 0.1) is 6.61 Å². The van der Waals surface area contributed by atoms with Gasteiger partial charge in [-0.15, -0.1) is 0 Å². The van der Waals surface area contributed by atoms with E-state index in [4.69, 9.17) is 9.47 Å². The monoisotopic (exact) mass is 348 g/mol. The molecule has 0 spiro atoms. The highest BCUT2D eigenvalue weighted by molar-refractivity contribution is 5.45. The summed E-state index contributed by atoms with van der Waals surface area (Å²) >= 11 is 0. The minimum atomic E-state index is 0.177. The number of hydrogen-bond acceptors (Lipinski definition) is 3. The van der Waals surface area contributed by atoms with E-state index in [1.54, 1.807) is 18.2 Å². The largest absolute Gasteiger partial charge is 0.508 e. The lowest BCUT2D eigenvalue weighted by Gasteiger charge is -2.13. The molecule has 3 aromatic carbocycles. The van der Waals surface area contributed by atoms with Gasteiger partial charge in [0.1, 0.15) is 12.4 Å². The quantitative estimate of drug-likeness (QED) is 0.528. The maximum Gasteiger partial charge on any atom is 0.164 e. The third kappa shape index (κ3) is 5.55. The van der Waals surface area contributed by atoms with Gasteiger partial charge < -0.3 is 14.6 Å². The van der Waals surface area contributed by atoms with E-state index in [2.05, 4.69) is 24.3 Å². The van der Waals surface area contributed by atoms with Crippen molar-refractivity contribution in [1.82, 2.24) is 0 Å². The van der Waals surface area contributed by atoms with Crippen molar-refractivity contribution < 1.29 is 14.6 Å². The first-order valence-corrected chi connectivity index (χ1v) is 8.98. The highest BCUT2D eigenvalue weighted by atomic mass is 16.5. The topological polar surface area (TPSA) is 38.7 Å². The van der Waals surface area contributed by atoms with Crippen LogP contribution < -0.4 is 9.47 Å². The number of ether oxygens (including phenoxy) is 2. The second-order valence-corrected chi connectivity index (χ2v) is 6.20. The summed E-state index contributed by atoms with van der Waals surface area (Å²) in [6.45, 7) is 1.06. The van der Waals surface area contributed by atoms with E-state index in [1.807, 2.05) is 36.4 Å². The van der Waals surface area contributed by atoms with Crippen LogP contribution in [0.25, 0.3) is 0 Å². The fourth-order valence-electron chi connectivity index (χ4n) is 2.72.